The summed E-state index contributed by atoms with van der Waals surface area (Å²) < 4.78 is 16.0. The van der Waals surface area contributed by atoms with E-state index in [4.69, 9.17) is 19.9 Å². The van der Waals surface area contributed by atoms with Crippen LogP contribution in [-0.4, -0.2) is 19.2 Å². The lowest BCUT2D eigenvalue weighted by Crippen LogP contribution is -2.02. The van der Waals surface area contributed by atoms with Crippen LogP contribution < -0.4 is 19.9 Å². The molecule has 0 aliphatic heterocycles. The van der Waals surface area contributed by atoms with Gasteiger partial charge in [-0.15, -0.1) is 0 Å². The summed E-state index contributed by atoms with van der Waals surface area (Å²) in [5.41, 5.74) is 8.10. The highest BCUT2D eigenvalue weighted by molar-refractivity contribution is 5.56. The fraction of sp³-hybridized carbons (Fsp3) is 0.267. The van der Waals surface area contributed by atoms with Gasteiger partial charge in [0.1, 0.15) is 23.9 Å². The van der Waals surface area contributed by atoms with E-state index < -0.39 is 0 Å². The van der Waals surface area contributed by atoms with Gasteiger partial charge in [0, 0.05) is 23.9 Å². The van der Waals surface area contributed by atoms with Crippen molar-refractivity contribution < 1.29 is 14.2 Å². The lowest BCUT2D eigenvalue weighted by molar-refractivity contribution is 0.301. The Balaban J connectivity index is 2.10. The summed E-state index contributed by atoms with van der Waals surface area (Å²) in [5, 5.41) is 0. The van der Waals surface area contributed by atoms with Crippen LogP contribution in [0.25, 0.3) is 0 Å². The second-order valence-corrected chi connectivity index (χ2v) is 4.33. The van der Waals surface area contributed by atoms with E-state index in [0.717, 1.165) is 17.1 Å². The van der Waals surface area contributed by atoms with Crippen LogP contribution in [0.5, 0.6) is 17.2 Å². The van der Waals surface area contributed by atoms with Crippen LogP contribution in [0, 0.1) is 6.92 Å². The van der Waals surface area contributed by atoms with Crippen LogP contribution in [0.4, 0.5) is 5.69 Å². The molecule has 1 aromatic carbocycles. The van der Waals surface area contributed by atoms with E-state index >= 15 is 0 Å². The summed E-state index contributed by atoms with van der Waals surface area (Å²) in [4.78, 5) is 4.39. The van der Waals surface area contributed by atoms with Gasteiger partial charge in [-0.3, -0.25) is 4.98 Å². The second-order valence-electron chi connectivity index (χ2n) is 4.33. The van der Waals surface area contributed by atoms with Crippen molar-refractivity contribution in [3.05, 3.63) is 41.7 Å². The first-order valence-electron chi connectivity index (χ1n) is 6.20. The van der Waals surface area contributed by atoms with Crippen LogP contribution in [-0.2, 0) is 6.61 Å². The number of benzene rings is 1. The van der Waals surface area contributed by atoms with Crippen molar-refractivity contribution >= 4 is 5.69 Å². The molecule has 1 aromatic heterocycles. The number of pyridine rings is 1. The molecule has 0 saturated heterocycles. The first-order chi connectivity index (χ1) is 9.62. The van der Waals surface area contributed by atoms with Gasteiger partial charge in [-0.25, -0.2) is 0 Å². The fourth-order valence-corrected chi connectivity index (χ4v) is 1.83. The first kappa shape index (κ1) is 14.0. The smallest absolute Gasteiger partial charge is 0.143 e. The van der Waals surface area contributed by atoms with E-state index in [-0.39, 0.29) is 0 Å². The molecule has 1 heterocycles. The Hall–Kier alpha value is -2.43. The summed E-state index contributed by atoms with van der Waals surface area (Å²) in [5.74, 6) is 2.07. The summed E-state index contributed by atoms with van der Waals surface area (Å²) >= 11 is 0. The Morgan fingerprint density at radius 3 is 2.45 bits per heavy atom. The highest BCUT2D eigenvalue weighted by atomic mass is 16.5. The van der Waals surface area contributed by atoms with E-state index in [1.54, 1.807) is 32.4 Å². The quantitative estimate of drug-likeness (QED) is 0.849. The van der Waals surface area contributed by atoms with Gasteiger partial charge in [-0.2, -0.15) is 0 Å². The van der Waals surface area contributed by atoms with Gasteiger partial charge in [-0.1, -0.05) is 0 Å². The molecule has 0 fully saturated rings. The molecule has 0 bridgehead atoms. The molecule has 0 aliphatic carbocycles. The Morgan fingerprint density at radius 2 is 1.80 bits per heavy atom. The second kappa shape index (κ2) is 6.14. The molecule has 20 heavy (non-hydrogen) atoms. The Labute approximate surface area is 118 Å². The molecular weight excluding hydrogens is 256 g/mol. The number of nitrogens with zero attached hydrogens (tertiary/aromatic N) is 1. The average molecular weight is 274 g/mol. The minimum atomic E-state index is 0.328. The monoisotopic (exact) mass is 274 g/mol. The molecule has 2 rings (SSSR count). The van der Waals surface area contributed by atoms with Crippen molar-refractivity contribution in [2.75, 3.05) is 20.0 Å². The standard InChI is InChI=1S/C15H18N2O3/c1-10-6-13(19-3)7-11(17-10)9-20-15-5-4-12(18-2)8-14(15)16/h4-8H,9,16H2,1-3H3. The Morgan fingerprint density at radius 1 is 1.05 bits per heavy atom. The van der Waals surface area contributed by atoms with E-state index in [0.29, 0.717) is 23.8 Å². The molecule has 2 aromatic rings. The van der Waals surface area contributed by atoms with Crippen LogP contribution in [0.1, 0.15) is 11.4 Å². The van der Waals surface area contributed by atoms with Crippen LogP contribution in [0.3, 0.4) is 0 Å². The topological polar surface area (TPSA) is 66.6 Å². The molecule has 0 radical (unpaired) electrons. The molecular formula is C15H18N2O3. The maximum atomic E-state index is 5.90. The van der Waals surface area contributed by atoms with Crippen molar-refractivity contribution in [2.45, 2.75) is 13.5 Å². The largest absolute Gasteiger partial charge is 0.497 e. The summed E-state index contributed by atoms with van der Waals surface area (Å²) in [7, 11) is 3.22. The van der Waals surface area contributed by atoms with E-state index in [1.807, 2.05) is 19.1 Å². The summed E-state index contributed by atoms with van der Waals surface area (Å²) in [6, 6.07) is 9.01. The van der Waals surface area contributed by atoms with Crippen molar-refractivity contribution in [1.29, 1.82) is 0 Å². The van der Waals surface area contributed by atoms with Gasteiger partial charge in [0.15, 0.2) is 0 Å². The molecule has 0 unspecified atom stereocenters. The highest BCUT2D eigenvalue weighted by Gasteiger charge is 2.05. The summed E-state index contributed by atoms with van der Waals surface area (Å²) in [6.07, 6.45) is 0. The predicted octanol–water partition coefficient (Wildman–Crippen LogP) is 2.57. The molecule has 2 N–H and O–H groups in total. The fourth-order valence-electron chi connectivity index (χ4n) is 1.83. The van der Waals surface area contributed by atoms with Gasteiger partial charge in [-0.05, 0) is 19.1 Å². The zero-order valence-electron chi connectivity index (χ0n) is 11.8. The molecule has 0 spiro atoms. The lowest BCUT2D eigenvalue weighted by Gasteiger charge is -2.11. The number of rotatable bonds is 5. The molecule has 0 atom stereocenters. The maximum Gasteiger partial charge on any atom is 0.143 e. The number of hydrogen-bond acceptors (Lipinski definition) is 5. The first-order valence-corrected chi connectivity index (χ1v) is 6.20. The number of ether oxygens (including phenoxy) is 3. The van der Waals surface area contributed by atoms with Crippen LogP contribution in [0.2, 0.25) is 0 Å². The minimum Gasteiger partial charge on any atom is -0.497 e. The number of nitrogens with two attached hydrogens (primary N) is 1. The number of aromatic nitrogens is 1. The lowest BCUT2D eigenvalue weighted by atomic mass is 10.2. The van der Waals surface area contributed by atoms with Gasteiger partial charge >= 0.3 is 0 Å². The maximum absolute atomic E-state index is 5.90. The Kier molecular flexibility index (Phi) is 4.30. The zero-order chi connectivity index (χ0) is 14.5. The molecule has 0 saturated carbocycles. The minimum absolute atomic E-state index is 0.328. The van der Waals surface area contributed by atoms with E-state index in [9.17, 15) is 0 Å². The summed E-state index contributed by atoms with van der Waals surface area (Å²) in [6.45, 7) is 2.24. The number of anilines is 1. The molecule has 0 aliphatic rings. The third-order valence-corrected chi connectivity index (χ3v) is 2.81. The van der Waals surface area contributed by atoms with Gasteiger partial charge in [0.05, 0.1) is 25.6 Å². The third kappa shape index (κ3) is 3.32. The van der Waals surface area contributed by atoms with Crippen LogP contribution in [0.15, 0.2) is 30.3 Å². The Bertz CT molecular complexity index is 600. The van der Waals surface area contributed by atoms with E-state index in [1.165, 1.54) is 0 Å². The normalized spacial score (nSPS) is 10.2. The number of aryl methyl sites for hydroxylation is 1. The van der Waals surface area contributed by atoms with Gasteiger partial charge < -0.3 is 19.9 Å². The van der Waals surface area contributed by atoms with Crippen molar-refractivity contribution in [3.8, 4) is 17.2 Å². The van der Waals surface area contributed by atoms with Crippen molar-refractivity contribution in [3.63, 3.8) is 0 Å². The predicted molar refractivity (Wildman–Crippen MR) is 77.3 cm³/mol. The molecule has 106 valence electrons. The van der Waals surface area contributed by atoms with Gasteiger partial charge in [0.2, 0.25) is 0 Å². The van der Waals surface area contributed by atoms with Crippen molar-refractivity contribution in [1.82, 2.24) is 4.98 Å². The zero-order valence-corrected chi connectivity index (χ0v) is 11.8. The third-order valence-electron chi connectivity index (χ3n) is 2.81. The molecule has 5 nitrogen and oxygen atoms in total. The highest BCUT2D eigenvalue weighted by Crippen LogP contribution is 2.27. The number of methoxy groups -OCH3 is 2. The van der Waals surface area contributed by atoms with Gasteiger partial charge in [0.25, 0.3) is 0 Å². The van der Waals surface area contributed by atoms with Crippen LogP contribution >= 0.6 is 0 Å². The number of hydrogen-bond donors (Lipinski definition) is 1. The average Bonchev–Trinajstić information content (AvgIpc) is 2.45. The number of nitrogen functional groups attached to an aromatic ring is 1. The van der Waals surface area contributed by atoms with E-state index in [2.05, 4.69) is 4.98 Å². The molecule has 5 heteroatoms. The van der Waals surface area contributed by atoms with Crippen molar-refractivity contribution in [2.24, 2.45) is 0 Å². The molecule has 0 amide bonds. The SMILES string of the molecule is COc1cc(C)nc(COc2ccc(OC)cc2N)c1.